The Morgan fingerprint density at radius 1 is 0.564 bits per heavy atom. The molecular weight excluding hydrogens is 481 g/mol. The molecule has 0 bridgehead atoms. The molecule has 0 aliphatic carbocycles. The number of pyridine rings is 3. The summed E-state index contributed by atoms with van der Waals surface area (Å²) in [4.78, 5) is 12.8. The van der Waals surface area contributed by atoms with Crippen LogP contribution in [0.3, 0.4) is 0 Å². The fraction of sp³-hybridized carbons (Fsp3) is 0.571. The van der Waals surface area contributed by atoms with Crippen LogP contribution in [0.25, 0.3) is 0 Å². The van der Waals surface area contributed by atoms with E-state index in [0.29, 0.717) is 23.3 Å². The highest BCUT2D eigenvalue weighted by atomic mass is 19.1. The van der Waals surface area contributed by atoms with E-state index in [1.165, 1.54) is 28.1 Å². The van der Waals surface area contributed by atoms with Crippen molar-refractivity contribution in [1.29, 1.82) is 0 Å². The molecule has 3 heterocycles. The van der Waals surface area contributed by atoms with Gasteiger partial charge in [0.05, 0.1) is 0 Å². The van der Waals surface area contributed by atoms with Crippen LogP contribution >= 0.6 is 0 Å². The summed E-state index contributed by atoms with van der Waals surface area (Å²) >= 11 is 0. The Balaban J connectivity index is 0.000000540. The summed E-state index contributed by atoms with van der Waals surface area (Å²) in [7, 11) is 0. The number of rotatable bonds is 5. The Bertz CT molecular complexity index is 1050. The number of aromatic nitrogens is 3. The summed E-state index contributed by atoms with van der Waals surface area (Å²) in [5.41, 5.74) is 9.08. The van der Waals surface area contributed by atoms with Crippen molar-refractivity contribution in [2.45, 2.75) is 133 Å². The van der Waals surface area contributed by atoms with Gasteiger partial charge in [-0.2, -0.15) is 4.39 Å². The molecule has 0 atom stereocenters. The van der Waals surface area contributed by atoms with Gasteiger partial charge in [0.2, 0.25) is 5.95 Å². The molecule has 0 amide bonds. The van der Waals surface area contributed by atoms with Gasteiger partial charge in [0.15, 0.2) is 0 Å². The van der Waals surface area contributed by atoms with E-state index < -0.39 is 0 Å². The molecule has 0 radical (unpaired) electrons. The van der Waals surface area contributed by atoms with Crippen molar-refractivity contribution in [1.82, 2.24) is 15.0 Å². The summed E-state index contributed by atoms with van der Waals surface area (Å²) in [5.74, 6) is 1.86. The molecule has 3 nitrogen and oxygen atoms in total. The lowest BCUT2D eigenvalue weighted by Gasteiger charge is -2.11. The number of hydrogen-bond acceptors (Lipinski definition) is 3. The highest BCUT2D eigenvalue weighted by Gasteiger charge is 2.10. The van der Waals surface area contributed by atoms with Gasteiger partial charge in [-0.1, -0.05) is 95.2 Å². The molecule has 0 saturated heterocycles. The fourth-order valence-electron chi connectivity index (χ4n) is 4.03. The summed E-state index contributed by atoms with van der Waals surface area (Å²) in [6.45, 7) is 31.4. The van der Waals surface area contributed by atoms with Gasteiger partial charge in [-0.15, -0.1) is 0 Å². The third kappa shape index (κ3) is 12.4. The van der Waals surface area contributed by atoms with Crippen LogP contribution in [0.1, 0.15) is 158 Å². The normalized spacial score (nSPS) is 10.7. The third-order valence-corrected chi connectivity index (χ3v) is 6.39. The van der Waals surface area contributed by atoms with Gasteiger partial charge in [-0.25, -0.2) is 4.98 Å². The zero-order valence-electron chi connectivity index (χ0n) is 27.6. The topological polar surface area (TPSA) is 38.7 Å². The minimum Gasteiger partial charge on any atom is -0.261 e. The maximum absolute atomic E-state index is 13.4. The lowest BCUT2D eigenvalue weighted by molar-refractivity contribution is 0.546. The van der Waals surface area contributed by atoms with Crippen LogP contribution in [-0.2, 0) is 0 Å². The van der Waals surface area contributed by atoms with Gasteiger partial charge in [0.25, 0.3) is 0 Å². The minimum atomic E-state index is -0.318. The van der Waals surface area contributed by atoms with E-state index >= 15 is 0 Å². The van der Waals surface area contributed by atoms with E-state index in [9.17, 15) is 4.39 Å². The van der Waals surface area contributed by atoms with Crippen LogP contribution < -0.4 is 0 Å². The molecule has 3 rings (SSSR count). The second kappa shape index (κ2) is 17.9. The first-order valence-corrected chi connectivity index (χ1v) is 14.7. The number of halogens is 1. The molecule has 0 aromatic carbocycles. The Morgan fingerprint density at radius 2 is 1.05 bits per heavy atom. The molecule has 0 N–H and O–H groups in total. The minimum absolute atomic E-state index is 0.203. The quantitative estimate of drug-likeness (QED) is 0.304. The van der Waals surface area contributed by atoms with Gasteiger partial charge < -0.3 is 0 Å². The van der Waals surface area contributed by atoms with Crippen molar-refractivity contribution in [2.24, 2.45) is 0 Å². The van der Waals surface area contributed by atoms with Crippen LogP contribution in [0.15, 0.2) is 36.5 Å². The maximum Gasteiger partial charge on any atom is 0.216 e. The van der Waals surface area contributed by atoms with Crippen molar-refractivity contribution < 1.29 is 4.39 Å². The van der Waals surface area contributed by atoms with Gasteiger partial charge in [-0.05, 0) is 85.3 Å². The van der Waals surface area contributed by atoms with Gasteiger partial charge in [0, 0.05) is 34.5 Å². The Labute approximate surface area is 240 Å². The number of nitrogens with zero attached hydrogens (tertiary/aromatic N) is 3. The van der Waals surface area contributed by atoms with Gasteiger partial charge >= 0.3 is 0 Å². The largest absolute Gasteiger partial charge is 0.261 e. The van der Waals surface area contributed by atoms with Crippen molar-refractivity contribution in [3.8, 4) is 0 Å². The molecule has 0 saturated carbocycles. The zero-order chi connectivity index (χ0) is 30.4. The smallest absolute Gasteiger partial charge is 0.216 e. The molecule has 0 unspecified atom stereocenters. The predicted octanol–water partition coefficient (Wildman–Crippen LogP) is 11.0. The van der Waals surface area contributed by atoms with Crippen LogP contribution in [0.5, 0.6) is 0 Å². The SMILES string of the molecule is CC.CC(C)c1ccc(C(C)C)c(F)n1.Cc1cc(C(C)C)ncc1C(C)C.Cc1ccc(C(C)C)c(C)n1. The first-order chi connectivity index (χ1) is 18.1. The first-order valence-electron chi connectivity index (χ1n) is 14.7. The molecule has 39 heavy (non-hydrogen) atoms. The summed E-state index contributed by atoms with van der Waals surface area (Å²) in [6.07, 6.45) is 2.02. The molecule has 218 valence electrons. The zero-order valence-corrected chi connectivity index (χ0v) is 27.6. The molecule has 0 spiro atoms. The molecule has 0 aliphatic rings. The fourth-order valence-corrected chi connectivity index (χ4v) is 4.03. The molecule has 0 aliphatic heterocycles. The molecular formula is C35H56FN3. The van der Waals surface area contributed by atoms with Crippen molar-refractivity contribution in [2.75, 3.05) is 0 Å². The monoisotopic (exact) mass is 537 g/mol. The second-order valence-electron chi connectivity index (χ2n) is 11.5. The number of hydrogen-bond donors (Lipinski definition) is 0. The summed E-state index contributed by atoms with van der Waals surface area (Å²) < 4.78 is 13.4. The lowest BCUT2D eigenvalue weighted by Crippen LogP contribution is -2.01. The lowest BCUT2D eigenvalue weighted by atomic mass is 9.98. The Morgan fingerprint density at radius 3 is 1.44 bits per heavy atom. The van der Waals surface area contributed by atoms with Crippen molar-refractivity contribution in [3.05, 3.63) is 87.5 Å². The van der Waals surface area contributed by atoms with Crippen molar-refractivity contribution in [3.63, 3.8) is 0 Å². The summed E-state index contributed by atoms with van der Waals surface area (Å²) in [6, 6.07) is 10.2. The van der Waals surface area contributed by atoms with Crippen molar-refractivity contribution >= 4 is 0 Å². The van der Waals surface area contributed by atoms with Crippen LogP contribution in [0.2, 0.25) is 0 Å². The maximum atomic E-state index is 13.4. The third-order valence-electron chi connectivity index (χ3n) is 6.39. The molecule has 3 aromatic heterocycles. The van der Waals surface area contributed by atoms with Gasteiger partial charge in [0.1, 0.15) is 0 Å². The van der Waals surface area contributed by atoms with Crippen LogP contribution in [-0.4, -0.2) is 15.0 Å². The molecule has 3 aromatic rings. The highest BCUT2D eigenvalue weighted by Crippen LogP contribution is 2.22. The van der Waals surface area contributed by atoms with Crippen LogP contribution in [0.4, 0.5) is 4.39 Å². The average molecular weight is 538 g/mol. The van der Waals surface area contributed by atoms with Gasteiger partial charge in [-0.3, -0.25) is 9.97 Å². The molecule has 4 heteroatoms. The van der Waals surface area contributed by atoms with E-state index in [-0.39, 0.29) is 17.8 Å². The Kier molecular flexibility index (Phi) is 16.7. The van der Waals surface area contributed by atoms with E-state index in [1.807, 2.05) is 66.8 Å². The predicted molar refractivity (Wildman–Crippen MR) is 169 cm³/mol. The summed E-state index contributed by atoms with van der Waals surface area (Å²) in [5, 5.41) is 0. The van der Waals surface area contributed by atoms with E-state index in [2.05, 4.69) is 88.5 Å². The van der Waals surface area contributed by atoms with Crippen LogP contribution in [0, 0.1) is 26.7 Å². The number of aryl methyl sites for hydroxylation is 3. The van der Waals surface area contributed by atoms with E-state index in [1.54, 1.807) is 0 Å². The molecule has 0 fully saturated rings. The average Bonchev–Trinajstić information content (AvgIpc) is 2.85. The van der Waals surface area contributed by atoms with E-state index in [4.69, 9.17) is 0 Å². The van der Waals surface area contributed by atoms with E-state index in [0.717, 1.165) is 11.4 Å². The second-order valence-corrected chi connectivity index (χ2v) is 11.5. The highest BCUT2D eigenvalue weighted by molar-refractivity contribution is 5.29. The Hall–Kier alpha value is -2.62. The first kappa shape index (κ1) is 36.4. The standard InChI is InChI=1S/C12H19N.C11H16FN.C10H15N.C2H6/c1-8(2)11-7-13-12(9(3)4)6-10(11)5;1-7(2)9-5-6-10(8(3)4)13-11(9)12;1-7(2)10-6-5-8(3)11-9(10)4;1-2/h6-9H,1-5H3;5-8H,1-4H3;5-7H,1-4H3;1-2H3.